The Morgan fingerprint density at radius 2 is 2.00 bits per heavy atom. The minimum atomic E-state index is 0.177. The molecule has 0 unspecified atom stereocenters. The second-order valence-corrected chi connectivity index (χ2v) is 5.09. The first-order valence-electron chi connectivity index (χ1n) is 4.92. The van der Waals surface area contributed by atoms with Crippen LogP contribution in [0.5, 0.6) is 5.75 Å². The van der Waals surface area contributed by atoms with Crippen molar-refractivity contribution in [2.45, 2.75) is 25.5 Å². The van der Waals surface area contributed by atoms with Gasteiger partial charge in [0.25, 0.3) is 0 Å². The van der Waals surface area contributed by atoms with Gasteiger partial charge >= 0.3 is 0 Å². The first-order valence-corrected chi connectivity index (χ1v) is 5.80. The number of methoxy groups -OCH3 is 1. The first kappa shape index (κ1) is 12.1. The number of rotatable bonds is 4. The van der Waals surface area contributed by atoms with Crippen LogP contribution in [0.2, 0.25) is 0 Å². The molecule has 1 atom stereocenters. The standard InChI is InChI=1S/C12H16O2S/c1-9(15-10(2)13)8-11-4-6-12(14-3)7-5-11/h4-7,9H,8H2,1-3H3/t9-/m1/s1. The van der Waals surface area contributed by atoms with Gasteiger partial charge < -0.3 is 4.74 Å². The third kappa shape index (κ3) is 4.38. The van der Waals surface area contributed by atoms with E-state index in [9.17, 15) is 4.79 Å². The quantitative estimate of drug-likeness (QED) is 0.786. The third-order valence-corrected chi connectivity index (χ3v) is 2.95. The maximum Gasteiger partial charge on any atom is 0.186 e. The fourth-order valence-electron chi connectivity index (χ4n) is 1.42. The zero-order valence-corrected chi connectivity index (χ0v) is 10.1. The normalized spacial score (nSPS) is 12.2. The van der Waals surface area contributed by atoms with Crippen LogP contribution in [0.25, 0.3) is 0 Å². The lowest BCUT2D eigenvalue weighted by molar-refractivity contribution is -0.109. The Bertz CT molecular complexity index is 319. The summed E-state index contributed by atoms with van der Waals surface area (Å²) in [5.74, 6) is 0.866. The summed E-state index contributed by atoms with van der Waals surface area (Å²) in [4.78, 5) is 10.9. The van der Waals surface area contributed by atoms with Crippen LogP contribution < -0.4 is 4.74 Å². The van der Waals surface area contributed by atoms with Crippen LogP contribution in [0, 0.1) is 0 Å². The Morgan fingerprint density at radius 3 is 2.47 bits per heavy atom. The second kappa shape index (κ2) is 5.81. The summed E-state index contributed by atoms with van der Waals surface area (Å²) >= 11 is 1.39. The lowest BCUT2D eigenvalue weighted by Gasteiger charge is -2.09. The lowest BCUT2D eigenvalue weighted by Crippen LogP contribution is -2.03. The smallest absolute Gasteiger partial charge is 0.186 e. The van der Waals surface area contributed by atoms with E-state index in [2.05, 4.69) is 6.92 Å². The monoisotopic (exact) mass is 224 g/mol. The molecule has 1 rings (SSSR count). The molecular formula is C12H16O2S. The van der Waals surface area contributed by atoms with Gasteiger partial charge in [-0.05, 0) is 24.1 Å². The van der Waals surface area contributed by atoms with Gasteiger partial charge in [-0.2, -0.15) is 0 Å². The number of hydrogen-bond acceptors (Lipinski definition) is 3. The molecule has 0 aliphatic rings. The van der Waals surface area contributed by atoms with Gasteiger partial charge in [0.05, 0.1) is 7.11 Å². The zero-order chi connectivity index (χ0) is 11.3. The van der Waals surface area contributed by atoms with Crippen molar-refractivity contribution < 1.29 is 9.53 Å². The molecule has 1 aromatic rings. The summed E-state index contributed by atoms with van der Waals surface area (Å²) in [7, 11) is 1.66. The fraction of sp³-hybridized carbons (Fsp3) is 0.417. The van der Waals surface area contributed by atoms with Gasteiger partial charge in [0.15, 0.2) is 5.12 Å². The molecule has 0 aliphatic heterocycles. The molecule has 0 fully saturated rings. The minimum Gasteiger partial charge on any atom is -0.497 e. The summed E-state index contributed by atoms with van der Waals surface area (Å²) in [6, 6.07) is 7.97. The first-order chi connectivity index (χ1) is 7.11. The highest BCUT2D eigenvalue weighted by molar-refractivity contribution is 8.14. The molecule has 0 N–H and O–H groups in total. The zero-order valence-electron chi connectivity index (χ0n) is 9.32. The van der Waals surface area contributed by atoms with Crippen LogP contribution in [0.3, 0.4) is 0 Å². The predicted octanol–water partition coefficient (Wildman–Crippen LogP) is 2.91. The molecule has 0 bridgehead atoms. The van der Waals surface area contributed by atoms with E-state index in [4.69, 9.17) is 4.74 Å². The number of hydrogen-bond donors (Lipinski definition) is 0. The number of ether oxygens (including phenoxy) is 1. The van der Waals surface area contributed by atoms with Crippen molar-refractivity contribution in [1.82, 2.24) is 0 Å². The Morgan fingerprint density at radius 1 is 1.40 bits per heavy atom. The highest BCUT2D eigenvalue weighted by Crippen LogP contribution is 2.18. The van der Waals surface area contributed by atoms with E-state index in [0.717, 1.165) is 12.2 Å². The Balaban J connectivity index is 2.53. The maximum atomic E-state index is 10.9. The highest BCUT2D eigenvalue weighted by atomic mass is 32.2. The van der Waals surface area contributed by atoms with E-state index >= 15 is 0 Å². The van der Waals surface area contributed by atoms with Crippen molar-refractivity contribution in [3.63, 3.8) is 0 Å². The fourth-order valence-corrected chi connectivity index (χ4v) is 2.26. The average Bonchev–Trinajstić information content (AvgIpc) is 2.17. The van der Waals surface area contributed by atoms with E-state index in [-0.39, 0.29) is 5.12 Å². The van der Waals surface area contributed by atoms with Gasteiger partial charge in [-0.15, -0.1) is 0 Å². The summed E-state index contributed by atoms with van der Waals surface area (Å²) in [5, 5.41) is 0.506. The van der Waals surface area contributed by atoms with E-state index in [1.165, 1.54) is 17.3 Å². The molecule has 0 radical (unpaired) electrons. The molecule has 15 heavy (non-hydrogen) atoms. The van der Waals surface area contributed by atoms with Crippen molar-refractivity contribution in [2.24, 2.45) is 0 Å². The molecule has 0 saturated heterocycles. The Kier molecular flexibility index (Phi) is 4.69. The van der Waals surface area contributed by atoms with Crippen LogP contribution in [-0.2, 0) is 11.2 Å². The predicted molar refractivity (Wildman–Crippen MR) is 64.4 cm³/mol. The lowest BCUT2D eigenvalue weighted by atomic mass is 10.1. The summed E-state index contributed by atoms with van der Waals surface area (Å²) < 4.78 is 5.08. The molecule has 0 saturated carbocycles. The molecule has 3 heteroatoms. The number of carbonyl (C=O) groups excluding carboxylic acids is 1. The number of carbonyl (C=O) groups is 1. The van der Waals surface area contributed by atoms with Gasteiger partial charge in [0, 0.05) is 12.2 Å². The van der Waals surface area contributed by atoms with Crippen LogP contribution >= 0.6 is 11.8 Å². The molecule has 1 aromatic carbocycles. The van der Waals surface area contributed by atoms with Gasteiger partial charge in [-0.25, -0.2) is 0 Å². The second-order valence-electron chi connectivity index (χ2n) is 3.47. The van der Waals surface area contributed by atoms with Crippen LogP contribution in [0.1, 0.15) is 19.4 Å². The Labute approximate surface area is 95.0 Å². The molecule has 0 aromatic heterocycles. The third-order valence-electron chi connectivity index (χ3n) is 2.05. The van der Waals surface area contributed by atoms with Crippen LogP contribution in [0.15, 0.2) is 24.3 Å². The number of thioether (sulfide) groups is 1. The minimum absolute atomic E-state index is 0.177. The van der Waals surface area contributed by atoms with Crippen LogP contribution in [0.4, 0.5) is 0 Å². The van der Waals surface area contributed by atoms with Crippen LogP contribution in [-0.4, -0.2) is 17.5 Å². The van der Waals surface area contributed by atoms with E-state index in [1.807, 2.05) is 24.3 Å². The summed E-state index contributed by atoms with van der Waals surface area (Å²) in [6.45, 7) is 3.67. The Hall–Kier alpha value is -0.960. The summed E-state index contributed by atoms with van der Waals surface area (Å²) in [5.41, 5.74) is 1.23. The largest absolute Gasteiger partial charge is 0.497 e. The van der Waals surface area contributed by atoms with Gasteiger partial charge in [0.1, 0.15) is 5.75 Å². The van der Waals surface area contributed by atoms with Gasteiger partial charge in [-0.3, -0.25) is 4.79 Å². The van der Waals surface area contributed by atoms with E-state index < -0.39 is 0 Å². The SMILES string of the molecule is COc1ccc(C[C@@H](C)SC(C)=O)cc1. The average molecular weight is 224 g/mol. The number of benzene rings is 1. The summed E-state index contributed by atoms with van der Waals surface area (Å²) in [6.07, 6.45) is 0.911. The molecule has 2 nitrogen and oxygen atoms in total. The maximum absolute atomic E-state index is 10.9. The van der Waals surface area contributed by atoms with Gasteiger partial charge in [0.2, 0.25) is 0 Å². The van der Waals surface area contributed by atoms with Crippen molar-refractivity contribution in [3.05, 3.63) is 29.8 Å². The van der Waals surface area contributed by atoms with Crippen molar-refractivity contribution in [3.8, 4) is 5.75 Å². The van der Waals surface area contributed by atoms with E-state index in [0.29, 0.717) is 5.25 Å². The molecule has 0 aliphatic carbocycles. The van der Waals surface area contributed by atoms with Crippen molar-refractivity contribution >= 4 is 16.9 Å². The molecule has 82 valence electrons. The molecule has 0 heterocycles. The highest BCUT2D eigenvalue weighted by Gasteiger charge is 2.06. The molecule has 0 spiro atoms. The van der Waals surface area contributed by atoms with Crippen molar-refractivity contribution in [2.75, 3.05) is 7.11 Å². The van der Waals surface area contributed by atoms with Gasteiger partial charge in [-0.1, -0.05) is 30.8 Å². The molecular weight excluding hydrogens is 208 g/mol. The van der Waals surface area contributed by atoms with Crippen molar-refractivity contribution in [1.29, 1.82) is 0 Å². The topological polar surface area (TPSA) is 26.3 Å². The van der Waals surface area contributed by atoms with E-state index in [1.54, 1.807) is 14.0 Å². The molecule has 0 amide bonds.